The summed E-state index contributed by atoms with van der Waals surface area (Å²) in [7, 11) is 1.53. The van der Waals surface area contributed by atoms with E-state index in [1.807, 2.05) is 55.5 Å². The van der Waals surface area contributed by atoms with E-state index in [4.69, 9.17) is 4.74 Å². The lowest BCUT2D eigenvalue weighted by Crippen LogP contribution is -2.44. The molecule has 0 spiro atoms. The molecule has 0 unspecified atom stereocenters. The zero-order valence-electron chi connectivity index (χ0n) is 14.6. The Balaban J connectivity index is 1.78. The number of nitrogens with one attached hydrogen (secondary N) is 2. The molecule has 1 aliphatic heterocycles. The standard InChI is InChI=1S/C20H22N2O3/c1-13(14-9-10-17-15(11-14)12-18(23)22-17)21-19(24)20(2,25-3)16-7-5-4-6-8-16/h4-11,13H,12H2,1-3H3,(H,21,24)(H,22,23)/t13-,20+/m0/s1. The van der Waals surface area contributed by atoms with Crippen LogP contribution in [-0.4, -0.2) is 18.9 Å². The van der Waals surface area contributed by atoms with E-state index in [1.54, 1.807) is 6.92 Å². The van der Waals surface area contributed by atoms with E-state index >= 15 is 0 Å². The Morgan fingerprint density at radius 2 is 1.96 bits per heavy atom. The Morgan fingerprint density at radius 3 is 2.64 bits per heavy atom. The van der Waals surface area contributed by atoms with E-state index < -0.39 is 5.60 Å². The summed E-state index contributed by atoms with van der Waals surface area (Å²) in [5.74, 6) is -0.205. The third-order valence-corrected chi connectivity index (χ3v) is 4.77. The third-order valence-electron chi connectivity index (χ3n) is 4.77. The normalized spacial score (nSPS) is 16.5. The van der Waals surface area contributed by atoms with Gasteiger partial charge in [-0.25, -0.2) is 0 Å². The van der Waals surface area contributed by atoms with Crippen LogP contribution in [0.2, 0.25) is 0 Å². The van der Waals surface area contributed by atoms with Crippen LogP contribution in [0.3, 0.4) is 0 Å². The molecular formula is C20H22N2O3. The highest BCUT2D eigenvalue weighted by atomic mass is 16.5. The molecule has 0 bridgehead atoms. The predicted molar refractivity (Wildman–Crippen MR) is 96.1 cm³/mol. The topological polar surface area (TPSA) is 67.4 Å². The molecule has 0 aliphatic carbocycles. The maximum atomic E-state index is 12.9. The number of amides is 2. The van der Waals surface area contributed by atoms with E-state index in [-0.39, 0.29) is 17.9 Å². The fourth-order valence-electron chi connectivity index (χ4n) is 3.03. The molecule has 3 rings (SSSR count). The summed E-state index contributed by atoms with van der Waals surface area (Å²) in [4.78, 5) is 24.4. The maximum absolute atomic E-state index is 12.9. The van der Waals surface area contributed by atoms with Gasteiger partial charge >= 0.3 is 0 Å². The second-order valence-corrected chi connectivity index (χ2v) is 6.44. The monoisotopic (exact) mass is 338 g/mol. The highest BCUT2D eigenvalue weighted by Gasteiger charge is 2.36. The van der Waals surface area contributed by atoms with Crippen molar-refractivity contribution >= 4 is 17.5 Å². The van der Waals surface area contributed by atoms with Gasteiger partial charge in [0, 0.05) is 12.8 Å². The van der Waals surface area contributed by atoms with Gasteiger partial charge in [-0.1, -0.05) is 42.5 Å². The average molecular weight is 338 g/mol. The van der Waals surface area contributed by atoms with Crippen molar-refractivity contribution in [3.8, 4) is 0 Å². The quantitative estimate of drug-likeness (QED) is 0.881. The molecule has 130 valence electrons. The lowest BCUT2D eigenvalue weighted by Gasteiger charge is -2.29. The van der Waals surface area contributed by atoms with E-state index in [2.05, 4.69) is 10.6 Å². The van der Waals surface area contributed by atoms with Gasteiger partial charge in [-0.2, -0.15) is 0 Å². The molecule has 5 heteroatoms. The molecule has 2 N–H and O–H groups in total. The summed E-state index contributed by atoms with van der Waals surface area (Å²) in [5, 5.41) is 5.83. The van der Waals surface area contributed by atoms with Crippen molar-refractivity contribution in [1.29, 1.82) is 0 Å². The van der Waals surface area contributed by atoms with Crippen LogP contribution in [0, 0.1) is 0 Å². The number of anilines is 1. The van der Waals surface area contributed by atoms with Crippen LogP contribution in [0.15, 0.2) is 48.5 Å². The Morgan fingerprint density at radius 1 is 1.24 bits per heavy atom. The number of fused-ring (bicyclic) bond motifs is 1. The van der Waals surface area contributed by atoms with Crippen LogP contribution in [0.1, 0.15) is 36.6 Å². The molecule has 0 saturated heterocycles. The van der Waals surface area contributed by atoms with E-state index in [9.17, 15) is 9.59 Å². The molecule has 25 heavy (non-hydrogen) atoms. The zero-order chi connectivity index (χ0) is 18.0. The Bertz CT molecular complexity index is 804. The van der Waals surface area contributed by atoms with Gasteiger partial charge in [-0.15, -0.1) is 0 Å². The van der Waals surface area contributed by atoms with Crippen LogP contribution < -0.4 is 10.6 Å². The third kappa shape index (κ3) is 3.28. The fraction of sp³-hybridized carbons (Fsp3) is 0.300. The van der Waals surface area contributed by atoms with E-state index in [1.165, 1.54) is 7.11 Å². The number of hydrogen-bond donors (Lipinski definition) is 2. The number of carbonyl (C=O) groups is 2. The minimum absolute atomic E-state index is 0.000116. The smallest absolute Gasteiger partial charge is 0.257 e. The summed E-state index contributed by atoms with van der Waals surface area (Å²) in [5.41, 5.74) is 2.49. The Hall–Kier alpha value is -2.66. The second-order valence-electron chi connectivity index (χ2n) is 6.44. The largest absolute Gasteiger partial charge is 0.364 e. The molecule has 5 nitrogen and oxygen atoms in total. The summed E-state index contributed by atoms with van der Waals surface area (Å²) in [6.07, 6.45) is 0.379. The summed E-state index contributed by atoms with van der Waals surface area (Å²) in [6, 6.07) is 15.0. The number of benzene rings is 2. The molecule has 0 aromatic heterocycles. The number of rotatable bonds is 5. The molecule has 2 amide bonds. The van der Waals surface area contributed by atoms with Crippen LogP contribution in [-0.2, 0) is 26.3 Å². The number of ether oxygens (including phenoxy) is 1. The van der Waals surface area contributed by atoms with Gasteiger partial charge in [0.05, 0.1) is 12.5 Å². The van der Waals surface area contributed by atoms with Gasteiger partial charge in [0.15, 0.2) is 5.60 Å². The molecular weight excluding hydrogens is 316 g/mol. The van der Waals surface area contributed by atoms with Gasteiger partial charge in [-0.05, 0) is 36.6 Å². The van der Waals surface area contributed by atoms with E-state index in [0.29, 0.717) is 6.42 Å². The molecule has 0 saturated carbocycles. The van der Waals surface area contributed by atoms with Crippen molar-refractivity contribution in [2.24, 2.45) is 0 Å². The van der Waals surface area contributed by atoms with Crippen molar-refractivity contribution in [3.63, 3.8) is 0 Å². The summed E-state index contributed by atoms with van der Waals surface area (Å²) >= 11 is 0. The molecule has 1 heterocycles. The maximum Gasteiger partial charge on any atom is 0.257 e. The minimum atomic E-state index is -1.07. The SMILES string of the molecule is CO[C@@](C)(C(=O)N[C@@H](C)c1ccc2c(c1)CC(=O)N2)c1ccccc1. The predicted octanol–water partition coefficient (Wildman–Crippen LogP) is 2.92. The van der Waals surface area contributed by atoms with E-state index in [0.717, 1.165) is 22.4 Å². The Kier molecular flexibility index (Phi) is 4.59. The first-order valence-electron chi connectivity index (χ1n) is 8.28. The van der Waals surface area contributed by atoms with Gasteiger partial charge in [0.2, 0.25) is 5.91 Å². The molecule has 1 aliphatic rings. The second kappa shape index (κ2) is 6.69. The van der Waals surface area contributed by atoms with Crippen LogP contribution in [0.25, 0.3) is 0 Å². The van der Waals surface area contributed by atoms with Crippen molar-refractivity contribution < 1.29 is 14.3 Å². The van der Waals surface area contributed by atoms with Crippen LogP contribution >= 0.6 is 0 Å². The molecule has 2 atom stereocenters. The minimum Gasteiger partial charge on any atom is -0.364 e. The lowest BCUT2D eigenvalue weighted by molar-refractivity contribution is -0.143. The number of carbonyl (C=O) groups excluding carboxylic acids is 2. The fourth-order valence-corrected chi connectivity index (χ4v) is 3.03. The Labute approximate surface area is 147 Å². The first-order chi connectivity index (χ1) is 11.9. The first-order valence-corrected chi connectivity index (χ1v) is 8.28. The first kappa shape index (κ1) is 17.2. The van der Waals surface area contributed by atoms with Crippen molar-refractivity contribution in [2.75, 3.05) is 12.4 Å². The average Bonchev–Trinajstić information content (AvgIpc) is 3.00. The molecule has 2 aromatic rings. The number of hydrogen-bond acceptors (Lipinski definition) is 3. The van der Waals surface area contributed by atoms with Crippen LogP contribution in [0.5, 0.6) is 0 Å². The van der Waals surface area contributed by atoms with Gasteiger partial charge in [0.25, 0.3) is 5.91 Å². The summed E-state index contributed by atoms with van der Waals surface area (Å²) < 4.78 is 5.54. The lowest BCUT2D eigenvalue weighted by atomic mass is 9.94. The number of methoxy groups -OCH3 is 1. The van der Waals surface area contributed by atoms with Gasteiger partial charge in [0.1, 0.15) is 0 Å². The van der Waals surface area contributed by atoms with Gasteiger partial charge in [-0.3, -0.25) is 9.59 Å². The zero-order valence-corrected chi connectivity index (χ0v) is 14.6. The van der Waals surface area contributed by atoms with Gasteiger partial charge < -0.3 is 15.4 Å². The highest BCUT2D eigenvalue weighted by Crippen LogP contribution is 2.29. The van der Waals surface area contributed by atoms with Crippen LogP contribution in [0.4, 0.5) is 5.69 Å². The molecule has 0 radical (unpaired) electrons. The van der Waals surface area contributed by atoms with Crippen molar-refractivity contribution in [1.82, 2.24) is 5.32 Å². The molecule has 0 fully saturated rings. The highest BCUT2D eigenvalue weighted by molar-refractivity contribution is 5.99. The van der Waals surface area contributed by atoms with Crippen molar-refractivity contribution in [2.45, 2.75) is 31.9 Å². The molecule has 2 aromatic carbocycles. The summed E-state index contributed by atoms with van der Waals surface area (Å²) in [6.45, 7) is 3.68. The van der Waals surface area contributed by atoms with Crippen molar-refractivity contribution in [3.05, 3.63) is 65.2 Å².